The first-order valence-electron chi connectivity index (χ1n) is 5.04. The van der Waals surface area contributed by atoms with Crippen molar-refractivity contribution >= 4 is 11.3 Å². The number of aryl methyl sites for hydroxylation is 1. The van der Waals surface area contributed by atoms with Crippen LogP contribution >= 0.6 is 11.3 Å². The number of hydrogen-bond acceptors (Lipinski definition) is 4. The number of aromatic nitrogens is 2. The summed E-state index contributed by atoms with van der Waals surface area (Å²) in [7, 11) is 5.58. The van der Waals surface area contributed by atoms with Crippen LogP contribution in [-0.2, 0) is 7.05 Å². The summed E-state index contributed by atoms with van der Waals surface area (Å²) >= 11 is 1.69. The minimum absolute atomic E-state index is 0.168. The third kappa shape index (κ3) is 1.96. The standard InChI is InChI=1S/C11H15N3OS/c1-12-11(9-4-5-13-14(9)2)10-6-8(15-3)7-16-10/h4-7,11-12H,1-3H3. The second-order valence-electron chi connectivity index (χ2n) is 3.49. The van der Waals surface area contributed by atoms with Crippen molar-refractivity contribution in [3.8, 4) is 5.75 Å². The summed E-state index contributed by atoms with van der Waals surface area (Å²) in [6, 6.07) is 4.24. The summed E-state index contributed by atoms with van der Waals surface area (Å²) in [5.41, 5.74) is 1.15. The van der Waals surface area contributed by atoms with Crippen LogP contribution in [0.25, 0.3) is 0 Å². The number of thiophene rings is 1. The van der Waals surface area contributed by atoms with E-state index >= 15 is 0 Å². The van der Waals surface area contributed by atoms with E-state index in [2.05, 4.69) is 16.5 Å². The third-order valence-corrected chi connectivity index (χ3v) is 3.54. The molecule has 2 heterocycles. The first-order chi connectivity index (χ1) is 7.76. The second-order valence-corrected chi connectivity index (χ2v) is 4.43. The van der Waals surface area contributed by atoms with Crippen molar-refractivity contribution in [3.63, 3.8) is 0 Å². The normalized spacial score (nSPS) is 12.7. The van der Waals surface area contributed by atoms with E-state index < -0.39 is 0 Å². The predicted molar refractivity (Wildman–Crippen MR) is 65.0 cm³/mol. The van der Waals surface area contributed by atoms with E-state index in [0.29, 0.717) is 0 Å². The van der Waals surface area contributed by atoms with Crippen molar-refractivity contribution in [2.24, 2.45) is 7.05 Å². The molecule has 0 spiro atoms. The minimum Gasteiger partial charge on any atom is -0.496 e. The number of methoxy groups -OCH3 is 1. The van der Waals surface area contributed by atoms with E-state index in [0.717, 1.165) is 11.4 Å². The molecule has 2 aromatic heterocycles. The summed E-state index contributed by atoms with van der Waals surface area (Å²) < 4.78 is 7.08. The van der Waals surface area contributed by atoms with Crippen molar-refractivity contribution in [3.05, 3.63) is 34.3 Å². The van der Waals surface area contributed by atoms with Gasteiger partial charge in [-0.15, -0.1) is 11.3 Å². The third-order valence-electron chi connectivity index (χ3n) is 2.56. The Kier molecular flexibility index (Phi) is 3.26. The molecule has 0 radical (unpaired) electrons. The van der Waals surface area contributed by atoms with E-state index in [1.807, 2.05) is 36.4 Å². The van der Waals surface area contributed by atoms with E-state index in [9.17, 15) is 0 Å². The molecule has 0 aliphatic carbocycles. The lowest BCUT2D eigenvalue weighted by Crippen LogP contribution is -2.19. The topological polar surface area (TPSA) is 39.1 Å². The van der Waals surface area contributed by atoms with Crippen LogP contribution in [0.15, 0.2) is 23.7 Å². The van der Waals surface area contributed by atoms with Crippen LogP contribution in [0.1, 0.15) is 16.6 Å². The van der Waals surface area contributed by atoms with Crippen LogP contribution in [-0.4, -0.2) is 23.9 Å². The Balaban J connectivity index is 2.32. The zero-order valence-corrected chi connectivity index (χ0v) is 10.4. The van der Waals surface area contributed by atoms with Gasteiger partial charge in [0.15, 0.2) is 0 Å². The lowest BCUT2D eigenvalue weighted by Gasteiger charge is -2.14. The van der Waals surface area contributed by atoms with Gasteiger partial charge in [-0.3, -0.25) is 4.68 Å². The zero-order valence-electron chi connectivity index (χ0n) is 9.60. The van der Waals surface area contributed by atoms with Crippen molar-refractivity contribution in [2.45, 2.75) is 6.04 Å². The molecule has 0 saturated heterocycles. The quantitative estimate of drug-likeness (QED) is 0.881. The maximum absolute atomic E-state index is 5.20. The maximum Gasteiger partial charge on any atom is 0.129 e. The summed E-state index contributed by atoms with van der Waals surface area (Å²) in [5, 5.41) is 9.49. The molecule has 4 nitrogen and oxygen atoms in total. The van der Waals surface area contributed by atoms with Gasteiger partial charge in [0.2, 0.25) is 0 Å². The Morgan fingerprint density at radius 2 is 2.38 bits per heavy atom. The van der Waals surface area contributed by atoms with Gasteiger partial charge >= 0.3 is 0 Å². The van der Waals surface area contributed by atoms with Gasteiger partial charge in [0.25, 0.3) is 0 Å². The molecular weight excluding hydrogens is 222 g/mol. The van der Waals surface area contributed by atoms with Gasteiger partial charge < -0.3 is 10.1 Å². The lowest BCUT2D eigenvalue weighted by molar-refractivity contribution is 0.416. The molecule has 86 valence electrons. The van der Waals surface area contributed by atoms with E-state index in [1.165, 1.54) is 4.88 Å². The molecule has 5 heteroatoms. The summed E-state index contributed by atoms with van der Waals surface area (Å²) in [6.07, 6.45) is 1.81. The minimum atomic E-state index is 0.168. The van der Waals surface area contributed by atoms with Gasteiger partial charge in [0.05, 0.1) is 18.8 Å². The van der Waals surface area contributed by atoms with Crippen molar-refractivity contribution in [2.75, 3.05) is 14.2 Å². The largest absolute Gasteiger partial charge is 0.496 e. The fraction of sp³-hybridized carbons (Fsp3) is 0.364. The SMILES string of the molecule is CNC(c1cc(OC)cs1)c1ccnn1C. The fourth-order valence-electron chi connectivity index (χ4n) is 1.70. The molecule has 2 aromatic rings. The van der Waals surface area contributed by atoms with Crippen LogP contribution in [0.5, 0.6) is 5.75 Å². The number of ether oxygens (including phenoxy) is 1. The molecule has 0 aromatic carbocycles. The molecule has 0 aliphatic heterocycles. The van der Waals surface area contributed by atoms with Crippen molar-refractivity contribution < 1.29 is 4.74 Å². The van der Waals surface area contributed by atoms with Gasteiger partial charge in [0.1, 0.15) is 5.75 Å². The summed E-state index contributed by atoms with van der Waals surface area (Å²) in [5.74, 6) is 0.905. The molecule has 1 N–H and O–H groups in total. The Morgan fingerprint density at radius 1 is 1.56 bits per heavy atom. The average Bonchev–Trinajstić information content (AvgIpc) is 2.90. The van der Waals surface area contributed by atoms with Gasteiger partial charge in [-0.25, -0.2) is 0 Å². The summed E-state index contributed by atoms with van der Waals surface area (Å²) in [4.78, 5) is 1.22. The monoisotopic (exact) mass is 237 g/mol. The molecular formula is C11H15N3OS. The average molecular weight is 237 g/mol. The van der Waals surface area contributed by atoms with Gasteiger partial charge in [0, 0.05) is 23.5 Å². The first-order valence-corrected chi connectivity index (χ1v) is 5.91. The molecule has 16 heavy (non-hydrogen) atoms. The van der Waals surface area contributed by atoms with Gasteiger partial charge in [-0.1, -0.05) is 0 Å². The van der Waals surface area contributed by atoms with Gasteiger partial charge in [-0.05, 0) is 19.2 Å². The zero-order chi connectivity index (χ0) is 11.5. The smallest absolute Gasteiger partial charge is 0.129 e. The molecule has 0 amide bonds. The second kappa shape index (κ2) is 4.67. The molecule has 1 atom stereocenters. The van der Waals surface area contributed by atoms with E-state index in [4.69, 9.17) is 4.74 Å². The number of nitrogens with one attached hydrogen (secondary N) is 1. The van der Waals surface area contributed by atoms with Crippen LogP contribution in [0.2, 0.25) is 0 Å². The van der Waals surface area contributed by atoms with Crippen LogP contribution in [0, 0.1) is 0 Å². The maximum atomic E-state index is 5.20. The Labute approximate surface area is 98.9 Å². The molecule has 1 unspecified atom stereocenters. The summed E-state index contributed by atoms with van der Waals surface area (Å²) in [6.45, 7) is 0. The van der Waals surface area contributed by atoms with E-state index in [1.54, 1.807) is 18.4 Å². The first kappa shape index (κ1) is 11.2. The number of rotatable bonds is 4. The highest BCUT2D eigenvalue weighted by molar-refractivity contribution is 7.10. The number of hydrogen-bond donors (Lipinski definition) is 1. The molecule has 0 aliphatic rings. The molecule has 2 rings (SSSR count). The van der Waals surface area contributed by atoms with Crippen molar-refractivity contribution in [1.82, 2.24) is 15.1 Å². The lowest BCUT2D eigenvalue weighted by atomic mass is 10.1. The van der Waals surface area contributed by atoms with Crippen LogP contribution in [0.4, 0.5) is 0 Å². The predicted octanol–water partition coefficient (Wildman–Crippen LogP) is 1.80. The fourth-order valence-corrected chi connectivity index (χ4v) is 2.67. The Morgan fingerprint density at radius 3 is 2.88 bits per heavy atom. The molecule has 0 bridgehead atoms. The molecule has 0 saturated carbocycles. The number of nitrogens with zero attached hydrogens (tertiary/aromatic N) is 2. The van der Waals surface area contributed by atoms with Gasteiger partial charge in [-0.2, -0.15) is 5.10 Å². The highest BCUT2D eigenvalue weighted by Gasteiger charge is 2.17. The van der Waals surface area contributed by atoms with Crippen molar-refractivity contribution in [1.29, 1.82) is 0 Å². The highest BCUT2D eigenvalue weighted by atomic mass is 32.1. The Bertz CT molecular complexity index is 463. The Hall–Kier alpha value is -1.33. The highest BCUT2D eigenvalue weighted by Crippen LogP contribution is 2.30. The van der Waals surface area contributed by atoms with Crippen LogP contribution in [0.3, 0.4) is 0 Å². The van der Waals surface area contributed by atoms with E-state index in [-0.39, 0.29) is 6.04 Å². The van der Waals surface area contributed by atoms with Crippen LogP contribution < -0.4 is 10.1 Å². The molecule has 0 fully saturated rings.